The molecule has 1 N–H and O–H groups in total. The van der Waals surface area contributed by atoms with Crippen LogP contribution in [-0.2, 0) is 9.53 Å². The van der Waals surface area contributed by atoms with Gasteiger partial charge in [-0.3, -0.25) is 4.79 Å². The Kier molecular flexibility index (Phi) is 6.99. The molecule has 0 aromatic heterocycles. The van der Waals surface area contributed by atoms with E-state index in [2.05, 4.69) is 5.32 Å². The largest absolute Gasteiger partial charge is 0.497 e. The Labute approximate surface area is 159 Å². The summed E-state index contributed by atoms with van der Waals surface area (Å²) in [6, 6.07) is 10.2. The van der Waals surface area contributed by atoms with E-state index in [4.69, 9.17) is 32.7 Å². The number of halogens is 2. The minimum absolute atomic E-state index is 0.0632. The molecule has 0 aliphatic heterocycles. The summed E-state index contributed by atoms with van der Waals surface area (Å²) in [5, 5.41) is 3.05. The van der Waals surface area contributed by atoms with E-state index >= 15 is 0 Å². The smallest absolute Gasteiger partial charge is 0.341 e. The number of rotatable bonds is 6. The van der Waals surface area contributed by atoms with Gasteiger partial charge in [0.15, 0.2) is 0 Å². The third-order valence-electron chi connectivity index (χ3n) is 3.13. The van der Waals surface area contributed by atoms with Crippen LogP contribution < -0.4 is 10.1 Å². The molecule has 0 saturated carbocycles. The summed E-state index contributed by atoms with van der Waals surface area (Å²) in [6.07, 6.45) is 0. The number of carbonyl (C=O) groups is 2. The normalized spacial score (nSPS) is 10.2. The van der Waals surface area contributed by atoms with Crippen molar-refractivity contribution in [1.29, 1.82) is 0 Å². The summed E-state index contributed by atoms with van der Waals surface area (Å²) in [5.74, 6) is -0.119. The van der Waals surface area contributed by atoms with Crippen LogP contribution >= 0.6 is 35.0 Å². The van der Waals surface area contributed by atoms with Gasteiger partial charge >= 0.3 is 5.97 Å². The van der Waals surface area contributed by atoms with Gasteiger partial charge in [-0.25, -0.2) is 4.79 Å². The van der Waals surface area contributed by atoms with Gasteiger partial charge in [-0.2, -0.15) is 0 Å². The average Bonchev–Trinajstić information content (AvgIpc) is 2.59. The van der Waals surface area contributed by atoms with Crippen molar-refractivity contribution in [2.75, 3.05) is 25.3 Å². The topological polar surface area (TPSA) is 64.6 Å². The number of benzene rings is 2. The van der Waals surface area contributed by atoms with E-state index in [1.54, 1.807) is 7.11 Å². The number of nitrogens with one attached hydrogen (secondary N) is 1. The van der Waals surface area contributed by atoms with E-state index in [1.165, 1.54) is 31.0 Å². The molecule has 0 spiro atoms. The predicted octanol–water partition coefficient (Wildman–Crippen LogP) is 4.52. The molecule has 2 aromatic carbocycles. The van der Waals surface area contributed by atoms with Gasteiger partial charge in [0.05, 0.1) is 30.7 Å². The highest BCUT2D eigenvalue weighted by molar-refractivity contribution is 8.00. The van der Waals surface area contributed by atoms with Crippen molar-refractivity contribution in [3.05, 3.63) is 52.0 Å². The van der Waals surface area contributed by atoms with Gasteiger partial charge in [0, 0.05) is 9.92 Å². The second-order valence-electron chi connectivity index (χ2n) is 4.82. The van der Waals surface area contributed by atoms with E-state index in [1.807, 2.05) is 24.3 Å². The molecule has 0 unspecified atom stereocenters. The van der Waals surface area contributed by atoms with E-state index in [0.29, 0.717) is 10.8 Å². The van der Waals surface area contributed by atoms with Gasteiger partial charge < -0.3 is 14.8 Å². The molecule has 0 bridgehead atoms. The summed E-state index contributed by atoms with van der Waals surface area (Å²) in [5.41, 5.74) is 0.272. The summed E-state index contributed by atoms with van der Waals surface area (Å²) >= 11 is 13.3. The van der Waals surface area contributed by atoms with E-state index < -0.39 is 5.97 Å². The third kappa shape index (κ3) is 5.29. The van der Waals surface area contributed by atoms with Crippen molar-refractivity contribution < 1.29 is 19.1 Å². The fraction of sp³-hybridized carbons (Fsp3) is 0.176. The molecule has 0 saturated heterocycles. The van der Waals surface area contributed by atoms with E-state index in [9.17, 15) is 9.59 Å². The van der Waals surface area contributed by atoms with Crippen LogP contribution in [0.3, 0.4) is 0 Å². The van der Waals surface area contributed by atoms with E-state index in [-0.39, 0.29) is 27.9 Å². The van der Waals surface area contributed by atoms with Crippen molar-refractivity contribution in [2.24, 2.45) is 0 Å². The Morgan fingerprint density at radius 2 is 1.92 bits per heavy atom. The van der Waals surface area contributed by atoms with Gasteiger partial charge in [-0.1, -0.05) is 29.3 Å². The number of hydrogen-bond donors (Lipinski definition) is 1. The monoisotopic (exact) mass is 399 g/mol. The summed E-state index contributed by atoms with van der Waals surface area (Å²) in [7, 11) is 2.81. The van der Waals surface area contributed by atoms with Crippen molar-refractivity contribution in [2.45, 2.75) is 4.90 Å². The zero-order chi connectivity index (χ0) is 18.4. The maximum absolute atomic E-state index is 12.2. The molecule has 0 atom stereocenters. The number of hydrogen-bond acceptors (Lipinski definition) is 5. The Bertz CT molecular complexity index is 798. The third-order valence-corrected chi connectivity index (χ3v) is 4.64. The number of ether oxygens (including phenoxy) is 2. The zero-order valence-electron chi connectivity index (χ0n) is 13.5. The first-order valence-corrected chi connectivity index (χ1v) is 8.82. The summed E-state index contributed by atoms with van der Waals surface area (Å²) in [6.45, 7) is 0. The molecule has 2 rings (SSSR count). The summed E-state index contributed by atoms with van der Waals surface area (Å²) < 4.78 is 9.84. The van der Waals surface area contributed by atoms with Crippen molar-refractivity contribution >= 4 is 52.5 Å². The van der Waals surface area contributed by atoms with Gasteiger partial charge in [0.1, 0.15) is 11.3 Å². The number of esters is 1. The molecule has 0 radical (unpaired) electrons. The van der Waals surface area contributed by atoms with Crippen molar-refractivity contribution in [3.63, 3.8) is 0 Å². The number of carbonyl (C=O) groups excluding carboxylic acids is 2. The first kappa shape index (κ1) is 19.4. The molecular weight excluding hydrogens is 385 g/mol. The standard InChI is InChI=1S/C17H15Cl2NO4S/c1-23-11-4-3-5-12(8-11)25-9-15(21)20-14-7-10(18)6-13(19)16(14)17(22)24-2/h3-8H,9H2,1-2H3,(H,20,21). The number of methoxy groups -OCH3 is 2. The van der Waals surface area contributed by atoms with Crippen LogP contribution in [0.1, 0.15) is 10.4 Å². The van der Waals surface area contributed by atoms with Gasteiger partial charge in [0.2, 0.25) is 5.91 Å². The average molecular weight is 400 g/mol. The second kappa shape index (κ2) is 8.99. The van der Waals surface area contributed by atoms with Gasteiger partial charge in [-0.05, 0) is 30.3 Å². The first-order valence-electron chi connectivity index (χ1n) is 7.08. The Hall–Kier alpha value is -1.89. The predicted molar refractivity (Wildman–Crippen MR) is 100 cm³/mol. The molecule has 2 aromatic rings. The van der Waals surface area contributed by atoms with Gasteiger partial charge in [-0.15, -0.1) is 11.8 Å². The van der Waals surface area contributed by atoms with E-state index in [0.717, 1.165) is 4.90 Å². The Morgan fingerprint density at radius 3 is 2.60 bits per heavy atom. The number of thioether (sulfide) groups is 1. The lowest BCUT2D eigenvalue weighted by molar-refractivity contribution is -0.113. The highest BCUT2D eigenvalue weighted by Gasteiger charge is 2.19. The maximum atomic E-state index is 12.2. The summed E-state index contributed by atoms with van der Waals surface area (Å²) in [4.78, 5) is 25.0. The lowest BCUT2D eigenvalue weighted by Gasteiger charge is -2.12. The molecular formula is C17H15Cl2NO4S. The molecule has 25 heavy (non-hydrogen) atoms. The lowest BCUT2D eigenvalue weighted by Crippen LogP contribution is -2.17. The molecule has 1 amide bonds. The Balaban J connectivity index is 2.11. The minimum Gasteiger partial charge on any atom is -0.497 e. The zero-order valence-corrected chi connectivity index (χ0v) is 15.8. The molecule has 0 fully saturated rings. The molecule has 8 heteroatoms. The SMILES string of the molecule is COC(=O)c1c(Cl)cc(Cl)cc1NC(=O)CSc1cccc(OC)c1. The minimum atomic E-state index is -0.655. The second-order valence-corrected chi connectivity index (χ2v) is 6.71. The highest BCUT2D eigenvalue weighted by Crippen LogP contribution is 2.30. The first-order chi connectivity index (χ1) is 11.9. The van der Waals surface area contributed by atoms with Crippen LogP contribution in [0.4, 0.5) is 5.69 Å². The van der Waals surface area contributed by atoms with Crippen LogP contribution in [0, 0.1) is 0 Å². The molecule has 5 nitrogen and oxygen atoms in total. The van der Waals surface area contributed by atoms with Crippen LogP contribution in [0.15, 0.2) is 41.3 Å². The van der Waals surface area contributed by atoms with Crippen LogP contribution in [0.5, 0.6) is 5.75 Å². The number of anilines is 1. The highest BCUT2D eigenvalue weighted by atomic mass is 35.5. The molecule has 132 valence electrons. The quantitative estimate of drug-likeness (QED) is 0.571. The molecule has 0 aliphatic rings. The number of amides is 1. The fourth-order valence-electron chi connectivity index (χ4n) is 2.01. The molecule has 0 aliphatic carbocycles. The van der Waals surface area contributed by atoms with Crippen LogP contribution in [0.2, 0.25) is 10.0 Å². The molecule has 0 heterocycles. The maximum Gasteiger partial charge on any atom is 0.341 e. The van der Waals surface area contributed by atoms with Crippen LogP contribution in [-0.4, -0.2) is 31.8 Å². The Morgan fingerprint density at radius 1 is 1.16 bits per heavy atom. The van der Waals surface area contributed by atoms with Crippen LogP contribution in [0.25, 0.3) is 0 Å². The van der Waals surface area contributed by atoms with Crippen molar-refractivity contribution in [3.8, 4) is 5.75 Å². The van der Waals surface area contributed by atoms with Gasteiger partial charge in [0.25, 0.3) is 0 Å². The lowest BCUT2D eigenvalue weighted by atomic mass is 10.1. The van der Waals surface area contributed by atoms with Crippen molar-refractivity contribution in [1.82, 2.24) is 0 Å². The fourth-order valence-corrected chi connectivity index (χ4v) is 3.32.